The maximum absolute atomic E-state index is 13.1. The molecule has 0 saturated heterocycles. The van der Waals surface area contributed by atoms with Gasteiger partial charge in [-0.2, -0.15) is 0 Å². The largest absolute Gasteiger partial charge is 0.508 e. The molecule has 5 heteroatoms. The molecule has 2 atom stereocenters. The van der Waals surface area contributed by atoms with Crippen LogP contribution in [0.15, 0.2) is 34.9 Å². The standard InChI is InChI=1S/C27H38O5/c1-16(9-10-18-14-19(28)13-17(2)24(18)31)12-21-20-15-23(30)27(5,6)32-25(21)26(3,4)11-7-8-22(20)29/h9,13-14,23,25,28,30-31H,7-8,10-12,15H2,1-6H3/b16-9-/t23-,25+/m1/s1. The van der Waals surface area contributed by atoms with E-state index in [4.69, 9.17) is 4.74 Å². The summed E-state index contributed by atoms with van der Waals surface area (Å²) in [7, 11) is 0. The van der Waals surface area contributed by atoms with Gasteiger partial charge < -0.3 is 20.1 Å². The lowest BCUT2D eigenvalue weighted by atomic mass is 9.72. The Kier molecular flexibility index (Phi) is 6.92. The molecular weight excluding hydrogens is 404 g/mol. The van der Waals surface area contributed by atoms with Gasteiger partial charge in [-0.3, -0.25) is 4.79 Å². The molecule has 1 aliphatic heterocycles. The number of carbonyl (C=O) groups excluding carboxylic acids is 1. The molecule has 0 amide bonds. The van der Waals surface area contributed by atoms with Gasteiger partial charge in [-0.1, -0.05) is 25.5 Å². The van der Waals surface area contributed by atoms with E-state index in [-0.39, 0.29) is 28.8 Å². The van der Waals surface area contributed by atoms with Crippen LogP contribution in [0.3, 0.4) is 0 Å². The van der Waals surface area contributed by atoms with E-state index in [0.29, 0.717) is 36.8 Å². The molecular formula is C27H38O5. The molecule has 1 aliphatic carbocycles. The van der Waals surface area contributed by atoms with Crippen molar-refractivity contribution in [3.8, 4) is 11.5 Å². The molecule has 32 heavy (non-hydrogen) atoms. The molecule has 0 radical (unpaired) electrons. The Hall–Kier alpha value is -2.11. The minimum atomic E-state index is -0.748. The lowest BCUT2D eigenvalue weighted by Crippen LogP contribution is -2.45. The number of allylic oxidation sites excluding steroid dienone is 2. The van der Waals surface area contributed by atoms with E-state index in [1.807, 2.05) is 26.8 Å². The van der Waals surface area contributed by atoms with Gasteiger partial charge in [0.2, 0.25) is 0 Å². The van der Waals surface area contributed by atoms with Gasteiger partial charge in [0.05, 0.1) is 17.8 Å². The minimum absolute atomic E-state index is 0.120. The summed E-state index contributed by atoms with van der Waals surface area (Å²) in [5.41, 5.74) is 3.16. The molecule has 0 spiro atoms. The zero-order chi connectivity index (χ0) is 23.8. The van der Waals surface area contributed by atoms with Crippen LogP contribution < -0.4 is 0 Å². The number of aliphatic hydroxyl groups excluding tert-OH is 1. The third-order valence-corrected chi connectivity index (χ3v) is 7.10. The first-order valence-corrected chi connectivity index (χ1v) is 11.6. The van der Waals surface area contributed by atoms with E-state index in [9.17, 15) is 20.1 Å². The van der Waals surface area contributed by atoms with Crippen molar-refractivity contribution < 1.29 is 24.9 Å². The van der Waals surface area contributed by atoms with Gasteiger partial charge in [0, 0.05) is 18.4 Å². The SMILES string of the molecule is C/C(=C/Cc1cc(O)cc(C)c1O)CC1=C2C[C@@H](O)C(C)(C)O[C@@H]1C(C)(C)CCCC2=O. The number of aromatic hydroxyl groups is 2. The van der Waals surface area contributed by atoms with Gasteiger partial charge in [-0.05, 0) is 87.6 Å². The fourth-order valence-electron chi connectivity index (χ4n) is 4.94. The molecule has 1 heterocycles. The van der Waals surface area contributed by atoms with Crippen molar-refractivity contribution >= 4 is 5.78 Å². The maximum Gasteiger partial charge on any atom is 0.159 e. The lowest BCUT2D eigenvalue weighted by Gasteiger charge is -2.41. The Labute approximate surface area is 191 Å². The highest BCUT2D eigenvalue weighted by atomic mass is 16.5. The minimum Gasteiger partial charge on any atom is -0.508 e. The van der Waals surface area contributed by atoms with Gasteiger partial charge in [0.15, 0.2) is 5.78 Å². The van der Waals surface area contributed by atoms with E-state index in [2.05, 4.69) is 13.8 Å². The summed E-state index contributed by atoms with van der Waals surface area (Å²) in [6.07, 6.45) is 4.61. The van der Waals surface area contributed by atoms with E-state index in [1.54, 1.807) is 19.1 Å². The number of benzene rings is 1. The zero-order valence-corrected chi connectivity index (χ0v) is 20.3. The Morgan fingerprint density at radius 1 is 1.22 bits per heavy atom. The number of phenolic OH excluding ortho intramolecular Hbond substituents is 2. The number of ketones is 1. The Balaban J connectivity index is 1.98. The number of phenols is 2. The molecule has 1 aromatic rings. The second-order valence-corrected chi connectivity index (χ2v) is 10.8. The smallest absolute Gasteiger partial charge is 0.159 e. The van der Waals surface area contributed by atoms with Gasteiger partial charge in [-0.25, -0.2) is 0 Å². The quantitative estimate of drug-likeness (QED) is 0.436. The first-order valence-electron chi connectivity index (χ1n) is 11.6. The van der Waals surface area contributed by atoms with E-state index in [1.165, 1.54) is 0 Å². The molecule has 0 unspecified atom stereocenters. The van der Waals surface area contributed by atoms with E-state index in [0.717, 1.165) is 29.6 Å². The second-order valence-electron chi connectivity index (χ2n) is 10.8. The van der Waals surface area contributed by atoms with Crippen LogP contribution in [0.25, 0.3) is 0 Å². The van der Waals surface area contributed by atoms with Crippen molar-refractivity contribution in [3.63, 3.8) is 0 Å². The van der Waals surface area contributed by atoms with Gasteiger partial charge in [0.25, 0.3) is 0 Å². The van der Waals surface area contributed by atoms with Crippen molar-refractivity contribution in [3.05, 3.63) is 46.1 Å². The molecule has 0 saturated carbocycles. The molecule has 3 N–H and O–H groups in total. The van der Waals surface area contributed by atoms with Crippen LogP contribution in [-0.4, -0.2) is 38.9 Å². The number of hydrogen-bond acceptors (Lipinski definition) is 5. The van der Waals surface area contributed by atoms with Crippen molar-refractivity contribution in [2.24, 2.45) is 5.41 Å². The Morgan fingerprint density at radius 2 is 1.91 bits per heavy atom. The summed E-state index contributed by atoms with van der Waals surface area (Å²) >= 11 is 0. The number of ether oxygens (including phenoxy) is 1. The van der Waals surface area contributed by atoms with Crippen LogP contribution in [0.1, 0.15) is 77.8 Å². The summed E-state index contributed by atoms with van der Waals surface area (Å²) in [5, 5.41) is 31.1. The van der Waals surface area contributed by atoms with Crippen LogP contribution in [0, 0.1) is 12.3 Å². The molecule has 1 aromatic carbocycles. The number of carbonyl (C=O) groups is 1. The number of aliphatic hydroxyl groups is 1. The monoisotopic (exact) mass is 442 g/mol. The Bertz CT molecular complexity index is 951. The first kappa shape index (κ1) is 24.5. The summed E-state index contributed by atoms with van der Waals surface area (Å²) in [4.78, 5) is 13.1. The normalized spacial score (nSPS) is 25.8. The van der Waals surface area contributed by atoms with Crippen LogP contribution in [0.4, 0.5) is 0 Å². The second kappa shape index (κ2) is 9.03. The van der Waals surface area contributed by atoms with Crippen LogP contribution in [0.2, 0.25) is 0 Å². The Morgan fingerprint density at radius 3 is 2.59 bits per heavy atom. The van der Waals surface area contributed by atoms with E-state index >= 15 is 0 Å². The fourth-order valence-corrected chi connectivity index (χ4v) is 4.94. The molecule has 3 rings (SSSR count). The predicted octanol–water partition coefficient (Wildman–Crippen LogP) is 5.29. The van der Waals surface area contributed by atoms with Crippen LogP contribution in [-0.2, 0) is 16.0 Å². The van der Waals surface area contributed by atoms with Crippen LogP contribution in [0.5, 0.6) is 11.5 Å². The molecule has 0 aromatic heterocycles. The highest BCUT2D eigenvalue weighted by Crippen LogP contribution is 2.45. The average molecular weight is 443 g/mol. The third kappa shape index (κ3) is 5.10. The first-order chi connectivity index (χ1) is 14.8. The molecule has 2 bridgehead atoms. The van der Waals surface area contributed by atoms with E-state index < -0.39 is 11.7 Å². The number of aryl methyl sites for hydroxylation is 1. The molecule has 2 aliphatic rings. The lowest BCUT2D eigenvalue weighted by molar-refractivity contribution is -0.148. The summed E-state index contributed by atoms with van der Waals surface area (Å²) < 4.78 is 6.55. The zero-order valence-electron chi connectivity index (χ0n) is 20.3. The number of hydrogen-bond donors (Lipinski definition) is 3. The highest BCUT2D eigenvalue weighted by Gasteiger charge is 2.45. The number of Topliss-reactive ketones (excluding diaryl/α,β-unsaturated/α-hetero) is 1. The average Bonchev–Trinajstić information content (AvgIpc) is 2.79. The number of rotatable bonds is 4. The van der Waals surface area contributed by atoms with Crippen molar-refractivity contribution in [1.29, 1.82) is 0 Å². The topological polar surface area (TPSA) is 87.0 Å². The van der Waals surface area contributed by atoms with Crippen molar-refractivity contribution in [2.45, 2.75) is 97.9 Å². The van der Waals surface area contributed by atoms with Gasteiger partial charge in [-0.15, -0.1) is 0 Å². The molecule has 176 valence electrons. The molecule has 0 fully saturated rings. The maximum atomic E-state index is 13.1. The van der Waals surface area contributed by atoms with Gasteiger partial charge in [0.1, 0.15) is 11.5 Å². The predicted molar refractivity (Wildman–Crippen MR) is 126 cm³/mol. The summed E-state index contributed by atoms with van der Waals surface area (Å²) in [5.74, 6) is 0.446. The molecule has 5 nitrogen and oxygen atoms in total. The van der Waals surface area contributed by atoms with Crippen molar-refractivity contribution in [2.75, 3.05) is 0 Å². The summed E-state index contributed by atoms with van der Waals surface area (Å²) in [6, 6.07) is 3.12. The van der Waals surface area contributed by atoms with Crippen molar-refractivity contribution in [1.82, 2.24) is 0 Å². The summed E-state index contributed by atoms with van der Waals surface area (Å²) in [6.45, 7) is 12.0. The fraction of sp³-hybridized carbons (Fsp3) is 0.593. The third-order valence-electron chi connectivity index (χ3n) is 7.10. The van der Waals surface area contributed by atoms with Crippen LogP contribution >= 0.6 is 0 Å². The van der Waals surface area contributed by atoms with Gasteiger partial charge >= 0.3 is 0 Å². The highest BCUT2D eigenvalue weighted by molar-refractivity contribution is 5.96. The number of fused-ring (bicyclic) bond motifs is 1.